The van der Waals surface area contributed by atoms with Crippen LogP contribution in [0.4, 0.5) is 0 Å². The lowest BCUT2D eigenvalue weighted by Crippen LogP contribution is -2.49. The average molecular weight is 282 g/mol. The third-order valence-electron chi connectivity index (χ3n) is 4.18. The lowest BCUT2D eigenvalue weighted by atomic mass is 9.84. The van der Waals surface area contributed by atoms with Crippen molar-refractivity contribution in [3.05, 3.63) is 16.6 Å². The highest BCUT2D eigenvalue weighted by atomic mass is 32.1. The fourth-order valence-corrected chi connectivity index (χ4v) is 3.85. The molecular weight excluding hydrogens is 260 g/mol. The summed E-state index contributed by atoms with van der Waals surface area (Å²) < 4.78 is 5.80. The summed E-state index contributed by atoms with van der Waals surface area (Å²) in [4.78, 5) is 6.69. The monoisotopic (exact) mass is 282 g/mol. The Morgan fingerprint density at radius 2 is 2.26 bits per heavy atom. The molecule has 1 N–H and O–H groups in total. The number of rotatable bonds is 3. The molecule has 5 heteroatoms. The Labute approximate surface area is 118 Å². The maximum Gasteiger partial charge on any atom is 0.123 e. The number of hydrogen-bond donors (Lipinski definition) is 1. The van der Waals surface area contributed by atoms with E-state index in [1.54, 1.807) is 11.3 Å². The van der Waals surface area contributed by atoms with Crippen molar-refractivity contribution in [3.63, 3.8) is 0 Å². The maximum atomic E-state index is 10.6. The molecule has 0 radical (unpaired) electrons. The Morgan fingerprint density at radius 1 is 1.42 bits per heavy atom. The standard InChI is InChI=1S/C14H22N2O2S/c17-14(4-2-1-3-5-14)11-16-7-8-18-12(10-16)13-15-6-9-19-13/h6,9,12,17H,1-5,7-8,10-11H2. The predicted molar refractivity (Wildman–Crippen MR) is 75.3 cm³/mol. The van der Waals surface area contributed by atoms with E-state index in [0.29, 0.717) is 0 Å². The summed E-state index contributed by atoms with van der Waals surface area (Å²) in [6.07, 6.45) is 7.41. The fourth-order valence-electron chi connectivity index (χ4n) is 3.17. The van der Waals surface area contributed by atoms with Crippen molar-refractivity contribution in [2.45, 2.75) is 43.8 Å². The first-order valence-electron chi connectivity index (χ1n) is 7.21. The third kappa shape index (κ3) is 3.34. The highest BCUT2D eigenvalue weighted by Gasteiger charge is 2.33. The van der Waals surface area contributed by atoms with Crippen molar-refractivity contribution in [2.75, 3.05) is 26.2 Å². The topological polar surface area (TPSA) is 45.6 Å². The molecule has 1 atom stereocenters. The highest BCUT2D eigenvalue weighted by Crippen LogP contribution is 2.31. The smallest absolute Gasteiger partial charge is 0.123 e. The maximum absolute atomic E-state index is 10.6. The van der Waals surface area contributed by atoms with Gasteiger partial charge in [-0.25, -0.2) is 4.98 Å². The first kappa shape index (κ1) is 13.5. The molecule has 19 heavy (non-hydrogen) atoms. The second-order valence-electron chi connectivity index (χ2n) is 5.75. The van der Waals surface area contributed by atoms with Crippen LogP contribution in [0.2, 0.25) is 0 Å². The third-order valence-corrected chi connectivity index (χ3v) is 5.05. The van der Waals surface area contributed by atoms with Crippen LogP contribution in [0.15, 0.2) is 11.6 Å². The quantitative estimate of drug-likeness (QED) is 0.923. The Kier molecular flexibility index (Phi) is 4.17. The van der Waals surface area contributed by atoms with Gasteiger partial charge in [-0.1, -0.05) is 19.3 Å². The molecule has 0 spiro atoms. The van der Waals surface area contributed by atoms with Crippen LogP contribution in [0.25, 0.3) is 0 Å². The second-order valence-corrected chi connectivity index (χ2v) is 6.68. The van der Waals surface area contributed by atoms with Crippen molar-refractivity contribution >= 4 is 11.3 Å². The van der Waals surface area contributed by atoms with E-state index in [4.69, 9.17) is 4.74 Å². The van der Waals surface area contributed by atoms with Gasteiger partial charge in [-0.05, 0) is 12.8 Å². The number of nitrogens with zero attached hydrogens (tertiary/aromatic N) is 2. The first-order chi connectivity index (χ1) is 9.25. The van der Waals surface area contributed by atoms with Crippen molar-refractivity contribution < 1.29 is 9.84 Å². The average Bonchev–Trinajstić information content (AvgIpc) is 2.93. The van der Waals surface area contributed by atoms with Gasteiger partial charge in [0.25, 0.3) is 0 Å². The largest absolute Gasteiger partial charge is 0.389 e. The SMILES string of the molecule is OC1(CN2CCOC(c3nccs3)C2)CCCCC1. The molecular formula is C14H22N2O2S. The van der Waals surface area contributed by atoms with Gasteiger partial charge >= 0.3 is 0 Å². The van der Waals surface area contributed by atoms with E-state index in [0.717, 1.165) is 56.9 Å². The number of hydrogen-bond acceptors (Lipinski definition) is 5. The highest BCUT2D eigenvalue weighted by molar-refractivity contribution is 7.09. The van der Waals surface area contributed by atoms with E-state index >= 15 is 0 Å². The van der Waals surface area contributed by atoms with Crippen molar-refractivity contribution in [2.24, 2.45) is 0 Å². The minimum atomic E-state index is -0.469. The molecule has 1 aliphatic carbocycles. The van der Waals surface area contributed by atoms with E-state index in [2.05, 4.69) is 9.88 Å². The van der Waals surface area contributed by atoms with Gasteiger partial charge in [-0.15, -0.1) is 11.3 Å². The summed E-state index contributed by atoms with van der Waals surface area (Å²) in [7, 11) is 0. The molecule has 2 aliphatic rings. The van der Waals surface area contributed by atoms with Gasteiger partial charge < -0.3 is 9.84 Å². The molecule has 1 aromatic rings. The van der Waals surface area contributed by atoms with Gasteiger partial charge in [0.05, 0.1) is 12.2 Å². The van der Waals surface area contributed by atoms with Gasteiger partial charge in [0, 0.05) is 31.2 Å². The van der Waals surface area contributed by atoms with Crippen molar-refractivity contribution in [3.8, 4) is 0 Å². The van der Waals surface area contributed by atoms with Crippen molar-refractivity contribution in [1.82, 2.24) is 9.88 Å². The predicted octanol–water partition coefficient (Wildman–Crippen LogP) is 2.21. The van der Waals surface area contributed by atoms with E-state index in [1.807, 2.05) is 11.6 Å². The van der Waals surface area contributed by atoms with Crippen LogP contribution in [0.1, 0.15) is 43.2 Å². The van der Waals surface area contributed by atoms with Gasteiger partial charge in [-0.2, -0.15) is 0 Å². The molecule has 1 saturated carbocycles. The van der Waals surface area contributed by atoms with E-state index in [9.17, 15) is 5.11 Å². The molecule has 106 valence electrons. The Hall–Kier alpha value is -0.490. The van der Waals surface area contributed by atoms with Crippen LogP contribution in [0.5, 0.6) is 0 Å². The van der Waals surface area contributed by atoms with E-state index < -0.39 is 5.60 Å². The van der Waals surface area contributed by atoms with Crippen LogP contribution in [-0.2, 0) is 4.74 Å². The number of aliphatic hydroxyl groups is 1. The first-order valence-corrected chi connectivity index (χ1v) is 8.09. The zero-order chi connectivity index (χ0) is 13.1. The summed E-state index contributed by atoms with van der Waals surface area (Å²) in [6, 6.07) is 0. The van der Waals surface area contributed by atoms with E-state index in [-0.39, 0.29) is 6.10 Å². The summed E-state index contributed by atoms with van der Waals surface area (Å²) >= 11 is 1.65. The summed E-state index contributed by atoms with van der Waals surface area (Å²) in [5, 5.41) is 13.7. The molecule has 2 fully saturated rings. The lowest BCUT2D eigenvalue weighted by molar-refractivity contribution is -0.0766. The molecule has 2 heterocycles. The van der Waals surface area contributed by atoms with Crippen LogP contribution >= 0.6 is 11.3 Å². The van der Waals surface area contributed by atoms with Crippen molar-refractivity contribution in [1.29, 1.82) is 0 Å². The van der Waals surface area contributed by atoms with Gasteiger partial charge in [0.1, 0.15) is 11.1 Å². The van der Waals surface area contributed by atoms with Crippen LogP contribution in [0.3, 0.4) is 0 Å². The molecule has 1 saturated heterocycles. The minimum absolute atomic E-state index is 0.0842. The Morgan fingerprint density at radius 3 is 3.00 bits per heavy atom. The molecule has 4 nitrogen and oxygen atoms in total. The number of morpholine rings is 1. The van der Waals surface area contributed by atoms with Gasteiger partial charge in [0.15, 0.2) is 0 Å². The minimum Gasteiger partial charge on any atom is -0.389 e. The zero-order valence-electron chi connectivity index (χ0n) is 11.3. The van der Waals surface area contributed by atoms with Crippen LogP contribution in [-0.4, -0.2) is 46.8 Å². The van der Waals surface area contributed by atoms with Crippen LogP contribution in [0, 0.1) is 0 Å². The Balaban J connectivity index is 1.59. The summed E-state index contributed by atoms with van der Waals surface area (Å²) in [5.74, 6) is 0. The lowest BCUT2D eigenvalue weighted by Gasteiger charge is -2.40. The number of ether oxygens (including phenoxy) is 1. The fraction of sp³-hybridized carbons (Fsp3) is 0.786. The number of aromatic nitrogens is 1. The summed E-state index contributed by atoms with van der Waals surface area (Å²) in [5.41, 5.74) is -0.469. The molecule has 1 aromatic heterocycles. The van der Waals surface area contributed by atoms with Gasteiger partial charge in [-0.3, -0.25) is 4.90 Å². The molecule has 3 rings (SSSR count). The zero-order valence-corrected chi connectivity index (χ0v) is 12.1. The number of thiazole rings is 1. The van der Waals surface area contributed by atoms with E-state index in [1.165, 1.54) is 6.42 Å². The summed E-state index contributed by atoms with van der Waals surface area (Å²) in [6.45, 7) is 3.30. The second kappa shape index (κ2) is 5.87. The van der Waals surface area contributed by atoms with Crippen LogP contribution < -0.4 is 0 Å². The number of β-amino-alcohol motifs (C(OH)–C–C–N with tert-alkyl or cyclic N) is 1. The molecule has 0 amide bonds. The Bertz CT molecular complexity index is 390. The molecule has 0 bridgehead atoms. The molecule has 0 aromatic carbocycles. The molecule has 1 aliphatic heterocycles. The van der Waals surface area contributed by atoms with Gasteiger partial charge in [0.2, 0.25) is 0 Å². The normalized spacial score (nSPS) is 28.4. The molecule has 1 unspecified atom stereocenters.